The average molecular weight is 368 g/mol. The first kappa shape index (κ1) is 18.5. The summed E-state index contributed by atoms with van der Waals surface area (Å²) in [6.07, 6.45) is 3.72. The second kappa shape index (κ2) is 8.87. The molecule has 0 bridgehead atoms. The molecule has 1 aliphatic heterocycles. The normalized spacial score (nSPS) is 15.0. The second-order valence-corrected chi connectivity index (χ2v) is 7.31. The fraction of sp³-hybridized carbons (Fsp3) is 0.300. The van der Waals surface area contributed by atoms with E-state index in [1.807, 2.05) is 23.2 Å². The van der Waals surface area contributed by atoms with Crippen LogP contribution in [0.3, 0.4) is 0 Å². The molecule has 3 rings (SSSR count). The van der Waals surface area contributed by atoms with Gasteiger partial charge >= 0.3 is 0 Å². The monoisotopic (exact) mass is 367 g/mol. The van der Waals surface area contributed by atoms with Crippen molar-refractivity contribution in [2.24, 2.45) is 5.73 Å². The van der Waals surface area contributed by atoms with Gasteiger partial charge < -0.3 is 10.6 Å². The number of rotatable bonds is 6. The van der Waals surface area contributed by atoms with Crippen LogP contribution in [0.1, 0.15) is 16.7 Å². The quantitative estimate of drug-likeness (QED) is 0.467. The highest BCUT2D eigenvalue weighted by Crippen LogP contribution is 2.25. The van der Waals surface area contributed by atoms with Crippen LogP contribution in [0.25, 0.3) is 6.08 Å². The lowest BCUT2D eigenvalue weighted by molar-refractivity contribution is 0.172. The first-order valence-electron chi connectivity index (χ1n) is 8.75. The van der Waals surface area contributed by atoms with E-state index < -0.39 is 0 Å². The third-order valence-corrected chi connectivity index (χ3v) is 5.67. The molecule has 0 radical (unpaired) electrons. The Bertz CT molecular complexity index is 751. The van der Waals surface area contributed by atoms with E-state index in [9.17, 15) is 0 Å². The van der Waals surface area contributed by atoms with Crippen LogP contribution in [0.4, 0.5) is 0 Å². The third-order valence-electron chi connectivity index (χ3n) is 4.55. The standard InChI is InChI=1S/C20H25N5S/c1-2-16-5-7-17(8-6-16)15-26-19-18(4-3-9-23-19)14-24-10-12-25(13-11-24)20(21)22/h2-9H,1,10-15H2,(H3,21,22). The van der Waals surface area contributed by atoms with Crippen molar-refractivity contribution in [2.75, 3.05) is 26.2 Å². The zero-order chi connectivity index (χ0) is 18.4. The zero-order valence-corrected chi connectivity index (χ0v) is 15.7. The topological polar surface area (TPSA) is 69.2 Å². The highest BCUT2D eigenvalue weighted by Gasteiger charge is 2.18. The van der Waals surface area contributed by atoms with Gasteiger partial charge in [-0.25, -0.2) is 4.98 Å². The number of aromatic nitrogens is 1. The van der Waals surface area contributed by atoms with Gasteiger partial charge in [-0.1, -0.05) is 43.0 Å². The molecule has 1 aliphatic rings. The predicted octanol–water partition coefficient (Wildman–Crippen LogP) is 3.03. The van der Waals surface area contributed by atoms with E-state index in [4.69, 9.17) is 11.1 Å². The molecular weight excluding hydrogens is 342 g/mol. The number of benzene rings is 1. The summed E-state index contributed by atoms with van der Waals surface area (Å²) in [7, 11) is 0. The fourth-order valence-electron chi connectivity index (χ4n) is 2.96. The molecule has 1 fully saturated rings. The van der Waals surface area contributed by atoms with Gasteiger partial charge in [-0.2, -0.15) is 0 Å². The van der Waals surface area contributed by atoms with Crippen LogP contribution in [0.2, 0.25) is 0 Å². The lowest BCUT2D eigenvalue weighted by Gasteiger charge is -2.35. The van der Waals surface area contributed by atoms with Crippen LogP contribution in [0.15, 0.2) is 54.2 Å². The molecule has 2 aromatic rings. The summed E-state index contributed by atoms with van der Waals surface area (Å²) in [6, 6.07) is 12.6. The molecule has 5 nitrogen and oxygen atoms in total. The van der Waals surface area contributed by atoms with Gasteiger partial charge in [0.2, 0.25) is 0 Å². The molecule has 1 saturated heterocycles. The third kappa shape index (κ3) is 4.86. The Kier molecular flexibility index (Phi) is 6.30. The van der Waals surface area contributed by atoms with Crippen molar-refractivity contribution in [1.82, 2.24) is 14.8 Å². The van der Waals surface area contributed by atoms with Crippen molar-refractivity contribution in [1.29, 1.82) is 5.41 Å². The van der Waals surface area contributed by atoms with E-state index in [0.717, 1.165) is 49.1 Å². The molecule has 3 N–H and O–H groups in total. The Morgan fingerprint density at radius 2 is 1.92 bits per heavy atom. The van der Waals surface area contributed by atoms with Crippen molar-refractivity contribution >= 4 is 23.8 Å². The molecule has 0 spiro atoms. The minimum absolute atomic E-state index is 0.171. The Morgan fingerprint density at radius 3 is 2.58 bits per heavy atom. The second-order valence-electron chi connectivity index (χ2n) is 6.35. The minimum atomic E-state index is 0.171. The summed E-state index contributed by atoms with van der Waals surface area (Å²) in [5, 5.41) is 8.63. The van der Waals surface area contributed by atoms with E-state index in [-0.39, 0.29) is 5.96 Å². The molecule has 0 aliphatic carbocycles. The molecule has 0 atom stereocenters. The number of nitrogens with one attached hydrogen (secondary N) is 1. The Morgan fingerprint density at radius 1 is 1.19 bits per heavy atom. The van der Waals surface area contributed by atoms with E-state index in [1.54, 1.807) is 11.8 Å². The molecular formula is C20H25N5S. The summed E-state index contributed by atoms with van der Waals surface area (Å²) in [5.74, 6) is 1.07. The van der Waals surface area contributed by atoms with Crippen LogP contribution < -0.4 is 5.73 Å². The lowest BCUT2D eigenvalue weighted by Crippen LogP contribution is -2.50. The van der Waals surface area contributed by atoms with Gasteiger partial charge in [0.15, 0.2) is 5.96 Å². The summed E-state index contributed by atoms with van der Waals surface area (Å²) in [4.78, 5) is 8.91. The molecule has 2 heterocycles. The van der Waals surface area contributed by atoms with Crippen molar-refractivity contribution in [3.05, 3.63) is 65.9 Å². The SMILES string of the molecule is C=Cc1ccc(CSc2ncccc2CN2CCN(C(=N)N)CC2)cc1. The smallest absolute Gasteiger partial charge is 0.188 e. The largest absolute Gasteiger partial charge is 0.370 e. The maximum Gasteiger partial charge on any atom is 0.188 e. The zero-order valence-electron chi connectivity index (χ0n) is 14.9. The van der Waals surface area contributed by atoms with Gasteiger partial charge in [0.25, 0.3) is 0 Å². The average Bonchev–Trinajstić information content (AvgIpc) is 2.68. The number of pyridine rings is 1. The number of hydrogen-bond donors (Lipinski definition) is 2. The van der Waals surface area contributed by atoms with Crippen LogP contribution >= 0.6 is 11.8 Å². The molecule has 1 aromatic heterocycles. The van der Waals surface area contributed by atoms with E-state index in [2.05, 4.69) is 46.8 Å². The van der Waals surface area contributed by atoms with Crippen molar-refractivity contribution in [3.63, 3.8) is 0 Å². The van der Waals surface area contributed by atoms with Gasteiger partial charge in [-0.15, -0.1) is 11.8 Å². The van der Waals surface area contributed by atoms with E-state index >= 15 is 0 Å². The van der Waals surface area contributed by atoms with Gasteiger partial charge in [0.05, 0.1) is 0 Å². The lowest BCUT2D eigenvalue weighted by atomic mass is 10.1. The summed E-state index contributed by atoms with van der Waals surface area (Å²) >= 11 is 1.78. The maximum atomic E-state index is 7.54. The molecule has 26 heavy (non-hydrogen) atoms. The van der Waals surface area contributed by atoms with Gasteiger partial charge in [-0.05, 0) is 22.8 Å². The molecule has 0 amide bonds. The van der Waals surface area contributed by atoms with Gasteiger partial charge in [0.1, 0.15) is 5.03 Å². The number of hydrogen-bond acceptors (Lipinski definition) is 4. The molecule has 0 saturated carbocycles. The molecule has 1 aromatic carbocycles. The van der Waals surface area contributed by atoms with Crippen LogP contribution in [0, 0.1) is 5.41 Å². The Labute approximate surface area is 159 Å². The highest BCUT2D eigenvalue weighted by atomic mass is 32.2. The van der Waals surface area contributed by atoms with Crippen molar-refractivity contribution in [3.8, 4) is 0 Å². The summed E-state index contributed by atoms with van der Waals surface area (Å²) in [6.45, 7) is 8.14. The number of piperazine rings is 1. The molecule has 0 unspecified atom stereocenters. The van der Waals surface area contributed by atoms with Crippen molar-refractivity contribution in [2.45, 2.75) is 17.3 Å². The number of thioether (sulfide) groups is 1. The van der Waals surface area contributed by atoms with Crippen LogP contribution in [-0.4, -0.2) is 46.9 Å². The van der Waals surface area contributed by atoms with Gasteiger partial charge in [-0.3, -0.25) is 10.3 Å². The molecule has 6 heteroatoms. The number of nitrogens with zero attached hydrogens (tertiary/aromatic N) is 3. The number of guanidine groups is 1. The van der Waals surface area contributed by atoms with Crippen LogP contribution in [-0.2, 0) is 12.3 Å². The number of nitrogens with two attached hydrogens (primary N) is 1. The first-order chi connectivity index (χ1) is 12.7. The summed E-state index contributed by atoms with van der Waals surface area (Å²) in [5.41, 5.74) is 9.26. The first-order valence-corrected chi connectivity index (χ1v) is 9.73. The summed E-state index contributed by atoms with van der Waals surface area (Å²) < 4.78 is 0. The fourth-order valence-corrected chi connectivity index (χ4v) is 3.91. The van der Waals surface area contributed by atoms with Gasteiger partial charge in [0, 0.05) is 44.7 Å². The van der Waals surface area contributed by atoms with E-state index in [1.165, 1.54) is 11.1 Å². The van der Waals surface area contributed by atoms with Crippen LogP contribution in [0.5, 0.6) is 0 Å². The Hall–Kier alpha value is -2.31. The predicted molar refractivity (Wildman–Crippen MR) is 109 cm³/mol. The molecule has 136 valence electrons. The highest BCUT2D eigenvalue weighted by molar-refractivity contribution is 7.98. The minimum Gasteiger partial charge on any atom is -0.370 e. The van der Waals surface area contributed by atoms with E-state index in [0.29, 0.717) is 0 Å². The Balaban J connectivity index is 1.59. The maximum absolute atomic E-state index is 7.54. The van der Waals surface area contributed by atoms with Crippen molar-refractivity contribution < 1.29 is 0 Å².